The van der Waals surface area contributed by atoms with Crippen LogP contribution < -0.4 is 10.1 Å². The summed E-state index contributed by atoms with van der Waals surface area (Å²) in [5.74, 6) is 1.18. The molecular formula is C22H17N5O3S. The van der Waals surface area contributed by atoms with Gasteiger partial charge < -0.3 is 14.5 Å². The number of methoxy groups -OCH3 is 1. The number of anilines is 1. The number of carbonyl (C=O) groups excluding carboxylic acids is 1. The molecule has 0 aliphatic heterocycles. The lowest BCUT2D eigenvalue weighted by Gasteiger charge is -2.07. The lowest BCUT2D eigenvalue weighted by Crippen LogP contribution is -2.10. The van der Waals surface area contributed by atoms with Crippen LogP contribution in [0.1, 0.15) is 16.1 Å². The number of benzene rings is 2. The van der Waals surface area contributed by atoms with Crippen molar-refractivity contribution < 1.29 is 13.9 Å². The third-order valence-corrected chi connectivity index (χ3v) is 5.80. The number of nitrogens with zero attached hydrogens (tertiary/aromatic N) is 3. The summed E-state index contributed by atoms with van der Waals surface area (Å²) in [6.07, 6.45) is 3.23. The van der Waals surface area contributed by atoms with Crippen LogP contribution in [-0.4, -0.2) is 33.2 Å². The Kier molecular flexibility index (Phi) is 5.01. The Morgan fingerprint density at radius 1 is 1.19 bits per heavy atom. The Morgan fingerprint density at radius 2 is 2.10 bits per heavy atom. The highest BCUT2D eigenvalue weighted by Gasteiger charge is 2.15. The van der Waals surface area contributed by atoms with Crippen LogP contribution in [0.25, 0.3) is 22.0 Å². The first-order valence-electron chi connectivity index (χ1n) is 9.45. The number of para-hydroxylation sites is 1. The van der Waals surface area contributed by atoms with E-state index in [4.69, 9.17) is 9.15 Å². The van der Waals surface area contributed by atoms with Crippen molar-refractivity contribution in [3.8, 4) is 5.75 Å². The molecule has 2 N–H and O–H groups in total. The van der Waals surface area contributed by atoms with Crippen molar-refractivity contribution >= 4 is 45.4 Å². The molecule has 3 aromatic heterocycles. The van der Waals surface area contributed by atoms with Crippen LogP contribution in [0.5, 0.6) is 5.75 Å². The quantitative estimate of drug-likeness (QED) is 0.298. The zero-order valence-electron chi connectivity index (χ0n) is 16.5. The maximum atomic E-state index is 12.7. The Balaban J connectivity index is 1.31. The molecule has 8 nitrogen and oxygen atoms in total. The Labute approximate surface area is 181 Å². The number of nitrogens with one attached hydrogen (secondary N) is 2. The molecule has 0 unspecified atom stereocenters. The van der Waals surface area contributed by atoms with E-state index in [1.165, 1.54) is 6.33 Å². The van der Waals surface area contributed by atoms with Gasteiger partial charge in [0.2, 0.25) is 0 Å². The van der Waals surface area contributed by atoms with E-state index in [1.54, 1.807) is 37.2 Å². The molecule has 0 atom stereocenters. The second-order valence-corrected chi connectivity index (χ2v) is 7.71. The van der Waals surface area contributed by atoms with Crippen LogP contribution in [0, 0.1) is 0 Å². The maximum absolute atomic E-state index is 12.7. The number of hydrogen-bond acceptors (Lipinski definition) is 7. The van der Waals surface area contributed by atoms with Gasteiger partial charge in [-0.3, -0.25) is 9.89 Å². The molecule has 0 saturated heterocycles. The summed E-state index contributed by atoms with van der Waals surface area (Å²) in [4.78, 5) is 21.2. The number of H-pyrrole nitrogens is 1. The summed E-state index contributed by atoms with van der Waals surface area (Å²) in [5.41, 5.74) is 2.99. The number of hydrogen-bond donors (Lipinski definition) is 2. The topological polar surface area (TPSA) is 106 Å². The van der Waals surface area contributed by atoms with Gasteiger partial charge in [0.25, 0.3) is 5.91 Å². The molecule has 0 aliphatic carbocycles. The lowest BCUT2D eigenvalue weighted by molar-refractivity contribution is 0.0998. The van der Waals surface area contributed by atoms with Crippen LogP contribution in [0.4, 0.5) is 5.69 Å². The van der Waals surface area contributed by atoms with Crippen molar-refractivity contribution in [2.45, 2.75) is 10.8 Å². The minimum atomic E-state index is -0.320. The van der Waals surface area contributed by atoms with E-state index in [0.717, 1.165) is 21.4 Å². The predicted octanol–water partition coefficient (Wildman–Crippen LogP) is 4.65. The summed E-state index contributed by atoms with van der Waals surface area (Å²) in [7, 11) is 1.57. The summed E-state index contributed by atoms with van der Waals surface area (Å²) in [5, 5.41) is 12.3. The van der Waals surface area contributed by atoms with Crippen LogP contribution in [0.2, 0.25) is 0 Å². The number of furan rings is 1. The first kappa shape index (κ1) is 19.1. The first-order chi connectivity index (χ1) is 15.2. The van der Waals surface area contributed by atoms with E-state index in [-0.39, 0.29) is 11.7 Å². The molecule has 9 heteroatoms. The smallest absolute Gasteiger partial charge is 0.291 e. The summed E-state index contributed by atoms with van der Waals surface area (Å²) in [6, 6.07) is 14.9. The van der Waals surface area contributed by atoms with Crippen molar-refractivity contribution in [1.29, 1.82) is 0 Å². The van der Waals surface area contributed by atoms with Gasteiger partial charge in [-0.1, -0.05) is 24.3 Å². The summed E-state index contributed by atoms with van der Waals surface area (Å²) in [6.45, 7) is 0. The highest BCUT2D eigenvalue weighted by molar-refractivity contribution is 7.98. The van der Waals surface area contributed by atoms with Gasteiger partial charge in [0.15, 0.2) is 22.7 Å². The molecular weight excluding hydrogens is 414 g/mol. The van der Waals surface area contributed by atoms with E-state index >= 15 is 0 Å². The molecule has 1 amide bonds. The Bertz CT molecular complexity index is 1390. The van der Waals surface area contributed by atoms with Crippen molar-refractivity contribution in [2.75, 3.05) is 12.4 Å². The highest BCUT2D eigenvalue weighted by atomic mass is 32.2. The minimum Gasteiger partial charge on any atom is -0.493 e. The van der Waals surface area contributed by atoms with Gasteiger partial charge in [-0.15, -0.1) is 11.8 Å². The fourth-order valence-electron chi connectivity index (χ4n) is 3.25. The number of aromatic amines is 1. The minimum absolute atomic E-state index is 0.225. The summed E-state index contributed by atoms with van der Waals surface area (Å²) < 4.78 is 11.0. The number of fused-ring (bicyclic) bond motifs is 2. The zero-order chi connectivity index (χ0) is 21.2. The number of thioether (sulfide) groups is 1. The van der Waals surface area contributed by atoms with E-state index in [0.29, 0.717) is 28.4 Å². The van der Waals surface area contributed by atoms with E-state index in [2.05, 4.69) is 25.5 Å². The average molecular weight is 431 g/mol. The zero-order valence-corrected chi connectivity index (χ0v) is 17.3. The lowest BCUT2D eigenvalue weighted by atomic mass is 10.2. The number of carbonyl (C=O) groups is 1. The molecule has 5 rings (SSSR count). The van der Waals surface area contributed by atoms with Gasteiger partial charge in [-0.25, -0.2) is 9.97 Å². The van der Waals surface area contributed by atoms with Crippen LogP contribution >= 0.6 is 11.8 Å². The van der Waals surface area contributed by atoms with Crippen LogP contribution in [0.3, 0.4) is 0 Å². The molecule has 0 bridgehead atoms. The van der Waals surface area contributed by atoms with Gasteiger partial charge in [0.05, 0.1) is 18.7 Å². The third-order valence-electron chi connectivity index (χ3n) is 4.72. The number of amides is 1. The molecule has 0 spiro atoms. The standard InChI is InChI=1S/C22H17N5O3S/c1-29-17-7-3-5-14-9-18(30-19(14)17)21(28)26-15-6-2-4-13(8-15)11-31-22-16-10-25-27-20(16)23-12-24-22/h2-10,12H,11H2,1H3,(H,26,28)(H,23,24,25,27). The molecule has 5 aromatic rings. The molecule has 3 heterocycles. The van der Waals surface area contributed by atoms with Gasteiger partial charge in [-0.2, -0.15) is 5.10 Å². The number of ether oxygens (including phenoxy) is 1. The highest BCUT2D eigenvalue weighted by Crippen LogP contribution is 2.29. The average Bonchev–Trinajstić information content (AvgIpc) is 3.45. The number of aromatic nitrogens is 4. The van der Waals surface area contributed by atoms with E-state index in [9.17, 15) is 4.79 Å². The molecule has 0 fully saturated rings. The van der Waals surface area contributed by atoms with Crippen molar-refractivity contribution in [1.82, 2.24) is 20.2 Å². The van der Waals surface area contributed by atoms with Crippen molar-refractivity contribution in [2.24, 2.45) is 0 Å². The van der Waals surface area contributed by atoms with Crippen LogP contribution in [-0.2, 0) is 5.75 Å². The normalized spacial score (nSPS) is 11.1. The van der Waals surface area contributed by atoms with E-state index < -0.39 is 0 Å². The van der Waals surface area contributed by atoms with Gasteiger partial charge in [-0.05, 0) is 29.8 Å². The summed E-state index contributed by atoms with van der Waals surface area (Å²) >= 11 is 1.58. The largest absolute Gasteiger partial charge is 0.493 e. The molecule has 0 aliphatic rings. The Morgan fingerprint density at radius 3 is 3.00 bits per heavy atom. The monoisotopic (exact) mass is 431 g/mol. The second kappa shape index (κ2) is 8.11. The van der Waals surface area contributed by atoms with E-state index in [1.807, 2.05) is 36.4 Å². The van der Waals surface area contributed by atoms with Crippen molar-refractivity contribution in [3.63, 3.8) is 0 Å². The van der Waals surface area contributed by atoms with Gasteiger partial charge >= 0.3 is 0 Å². The maximum Gasteiger partial charge on any atom is 0.291 e. The molecule has 2 aromatic carbocycles. The molecule has 0 saturated carbocycles. The van der Waals surface area contributed by atoms with Gasteiger partial charge in [0, 0.05) is 16.8 Å². The van der Waals surface area contributed by atoms with Crippen LogP contribution in [0.15, 0.2) is 70.5 Å². The Hall–Kier alpha value is -3.85. The molecule has 31 heavy (non-hydrogen) atoms. The second-order valence-electron chi connectivity index (χ2n) is 6.74. The third kappa shape index (κ3) is 3.82. The van der Waals surface area contributed by atoms with Crippen molar-refractivity contribution in [3.05, 3.63) is 72.4 Å². The first-order valence-corrected chi connectivity index (χ1v) is 10.4. The molecule has 0 radical (unpaired) electrons. The fraction of sp³-hybridized carbons (Fsp3) is 0.0909. The SMILES string of the molecule is COc1cccc2cc(C(=O)Nc3cccc(CSc4ncnc5[nH]ncc45)c3)oc12. The molecule has 154 valence electrons. The fourth-order valence-corrected chi connectivity index (χ4v) is 4.16. The number of rotatable bonds is 6. The van der Waals surface area contributed by atoms with Gasteiger partial charge in [0.1, 0.15) is 11.4 Å². The predicted molar refractivity (Wildman–Crippen MR) is 118 cm³/mol.